The van der Waals surface area contributed by atoms with Crippen molar-refractivity contribution in [1.29, 1.82) is 0 Å². The summed E-state index contributed by atoms with van der Waals surface area (Å²) in [6.45, 7) is 6.61. The lowest BCUT2D eigenvalue weighted by Gasteiger charge is -2.18. The van der Waals surface area contributed by atoms with Crippen LogP contribution in [0.1, 0.15) is 303 Å². The van der Waals surface area contributed by atoms with E-state index in [1.807, 2.05) is 0 Å². The molecule has 0 aromatic heterocycles. The number of unbranched alkanes of at least 4 members (excludes halogenated alkanes) is 33. The molecule has 0 saturated carbocycles. The Bertz CT molecular complexity index is 1250. The molecule has 0 aliphatic rings. The summed E-state index contributed by atoms with van der Waals surface area (Å²) in [4.78, 5) is 38.2. The Balaban J connectivity index is 4.42. The second-order valence-electron chi connectivity index (χ2n) is 19.9. The van der Waals surface area contributed by atoms with Gasteiger partial charge in [-0.25, -0.2) is 0 Å². The molecular weight excluding hydrogens is 853 g/mol. The fraction of sp³-hybridized carbons (Fsp3) is 0.794. The Kier molecular flexibility index (Phi) is 55.3. The summed E-state index contributed by atoms with van der Waals surface area (Å²) in [7, 11) is 0. The minimum atomic E-state index is -0.788. The summed E-state index contributed by atoms with van der Waals surface area (Å²) in [6, 6.07) is 0. The number of hydrogen-bond acceptors (Lipinski definition) is 6. The van der Waals surface area contributed by atoms with Gasteiger partial charge in [-0.05, 0) is 89.9 Å². The van der Waals surface area contributed by atoms with E-state index in [0.717, 1.165) is 83.5 Å². The van der Waals surface area contributed by atoms with Crippen molar-refractivity contribution < 1.29 is 28.6 Å². The molecule has 0 amide bonds. The number of ether oxygens (including phenoxy) is 3. The van der Waals surface area contributed by atoms with E-state index < -0.39 is 6.10 Å². The normalized spacial score (nSPS) is 12.4. The molecule has 69 heavy (non-hydrogen) atoms. The summed E-state index contributed by atoms with van der Waals surface area (Å²) in [5, 5.41) is 0. The summed E-state index contributed by atoms with van der Waals surface area (Å²) in [5.41, 5.74) is 0. The highest BCUT2D eigenvalue weighted by molar-refractivity contribution is 5.71. The van der Waals surface area contributed by atoms with E-state index in [9.17, 15) is 14.4 Å². The molecular formula is C63H112O6. The first-order chi connectivity index (χ1) is 34.0. The highest BCUT2D eigenvalue weighted by Gasteiger charge is 2.19. The van der Waals surface area contributed by atoms with Crippen molar-refractivity contribution in [2.75, 3.05) is 13.2 Å². The van der Waals surface area contributed by atoms with Crippen LogP contribution in [0.4, 0.5) is 0 Å². The topological polar surface area (TPSA) is 78.9 Å². The van der Waals surface area contributed by atoms with Gasteiger partial charge < -0.3 is 14.2 Å². The van der Waals surface area contributed by atoms with Crippen molar-refractivity contribution in [3.8, 4) is 0 Å². The first kappa shape index (κ1) is 66.1. The standard InChI is InChI=1S/C63H112O6/c1-4-7-10-13-16-19-22-25-28-30-31-33-35-38-41-44-47-50-53-56-62(65)68-59-60(58-67-61(64)55-52-49-46-43-40-37-34-27-24-21-18-15-12-9-6-3)69-63(66)57-54-51-48-45-42-39-36-32-29-26-23-20-17-14-11-8-5-2/h16,19,25-26,28-29,31,33,38,41,60H,4-15,17-18,20-24,27,30,32,34-37,39-40,42-59H2,1-3H3/b19-16-,28-25-,29-26-,33-31-,41-38-/t60-/m1/s1. The van der Waals surface area contributed by atoms with Crippen LogP contribution in [-0.2, 0) is 28.6 Å². The number of allylic oxidation sites excluding steroid dienone is 10. The lowest BCUT2D eigenvalue weighted by atomic mass is 10.0. The molecule has 0 aromatic rings. The highest BCUT2D eigenvalue weighted by Crippen LogP contribution is 2.16. The highest BCUT2D eigenvalue weighted by atomic mass is 16.6. The largest absolute Gasteiger partial charge is 0.462 e. The predicted octanol–water partition coefficient (Wildman–Crippen LogP) is 20.0. The number of hydrogen-bond donors (Lipinski definition) is 0. The van der Waals surface area contributed by atoms with Gasteiger partial charge in [0.05, 0.1) is 0 Å². The van der Waals surface area contributed by atoms with Crippen molar-refractivity contribution in [3.63, 3.8) is 0 Å². The molecule has 0 unspecified atom stereocenters. The molecule has 6 heteroatoms. The van der Waals surface area contributed by atoms with Crippen LogP contribution in [0.15, 0.2) is 60.8 Å². The lowest BCUT2D eigenvalue weighted by molar-refractivity contribution is -0.167. The summed E-state index contributed by atoms with van der Waals surface area (Å²) in [5.74, 6) is -0.906. The van der Waals surface area contributed by atoms with Crippen LogP contribution in [0, 0.1) is 0 Å². The molecule has 6 nitrogen and oxygen atoms in total. The molecule has 0 saturated heterocycles. The quantitative estimate of drug-likeness (QED) is 0.0262. The fourth-order valence-corrected chi connectivity index (χ4v) is 8.48. The fourth-order valence-electron chi connectivity index (χ4n) is 8.48. The number of esters is 3. The molecule has 0 spiro atoms. The maximum Gasteiger partial charge on any atom is 0.306 e. The van der Waals surface area contributed by atoms with Crippen LogP contribution >= 0.6 is 0 Å². The SMILES string of the molecule is CCCCC/C=C\C/C=C\C/C=C\C/C=C\CCCCCC(=O)OC[C@@H](COC(=O)CCCCCCCCCCCCCCCCC)OC(=O)CCCCCCCCC/C=C\CCCCCCCC. The Morgan fingerprint density at radius 2 is 0.522 bits per heavy atom. The first-order valence-electron chi connectivity index (χ1n) is 29.8. The Labute approximate surface area is 428 Å². The van der Waals surface area contributed by atoms with Gasteiger partial charge in [-0.2, -0.15) is 0 Å². The van der Waals surface area contributed by atoms with Crippen LogP contribution < -0.4 is 0 Å². The summed E-state index contributed by atoms with van der Waals surface area (Å²) < 4.78 is 16.9. The van der Waals surface area contributed by atoms with Crippen molar-refractivity contribution in [2.24, 2.45) is 0 Å². The Morgan fingerprint density at radius 3 is 0.870 bits per heavy atom. The van der Waals surface area contributed by atoms with E-state index in [1.54, 1.807) is 0 Å². The molecule has 0 rings (SSSR count). The summed E-state index contributed by atoms with van der Waals surface area (Å²) in [6.07, 6.45) is 72.1. The van der Waals surface area contributed by atoms with Crippen LogP contribution in [-0.4, -0.2) is 37.2 Å². The van der Waals surface area contributed by atoms with Gasteiger partial charge in [0.25, 0.3) is 0 Å². The monoisotopic (exact) mass is 965 g/mol. The lowest BCUT2D eigenvalue weighted by Crippen LogP contribution is -2.30. The van der Waals surface area contributed by atoms with Crippen LogP contribution in [0.3, 0.4) is 0 Å². The second kappa shape index (κ2) is 57.7. The zero-order valence-electron chi connectivity index (χ0n) is 45.8. The van der Waals surface area contributed by atoms with E-state index in [4.69, 9.17) is 14.2 Å². The van der Waals surface area contributed by atoms with Gasteiger partial charge in [-0.1, -0.05) is 255 Å². The number of carbonyl (C=O) groups excluding carboxylic acids is 3. The number of carbonyl (C=O) groups is 3. The van der Waals surface area contributed by atoms with Gasteiger partial charge in [0, 0.05) is 19.3 Å². The van der Waals surface area contributed by atoms with E-state index in [1.165, 1.54) is 180 Å². The minimum absolute atomic E-state index is 0.0834. The zero-order chi connectivity index (χ0) is 50.0. The first-order valence-corrected chi connectivity index (χ1v) is 29.8. The van der Waals surface area contributed by atoms with E-state index >= 15 is 0 Å². The van der Waals surface area contributed by atoms with Crippen LogP contribution in [0.2, 0.25) is 0 Å². The maximum atomic E-state index is 12.9. The third-order valence-electron chi connectivity index (χ3n) is 13.0. The van der Waals surface area contributed by atoms with Gasteiger partial charge >= 0.3 is 17.9 Å². The third-order valence-corrected chi connectivity index (χ3v) is 13.0. The minimum Gasteiger partial charge on any atom is -0.462 e. The molecule has 400 valence electrons. The average Bonchev–Trinajstić information content (AvgIpc) is 3.35. The van der Waals surface area contributed by atoms with E-state index in [0.29, 0.717) is 19.3 Å². The van der Waals surface area contributed by atoms with Gasteiger partial charge in [-0.15, -0.1) is 0 Å². The van der Waals surface area contributed by atoms with Crippen LogP contribution in [0.25, 0.3) is 0 Å². The van der Waals surface area contributed by atoms with Crippen molar-refractivity contribution >= 4 is 17.9 Å². The molecule has 0 N–H and O–H groups in total. The summed E-state index contributed by atoms with van der Waals surface area (Å²) >= 11 is 0. The van der Waals surface area contributed by atoms with E-state index in [-0.39, 0.29) is 31.1 Å². The van der Waals surface area contributed by atoms with E-state index in [2.05, 4.69) is 81.5 Å². The molecule has 0 aromatic carbocycles. The van der Waals surface area contributed by atoms with Crippen LogP contribution in [0.5, 0.6) is 0 Å². The van der Waals surface area contributed by atoms with Gasteiger partial charge in [-0.3, -0.25) is 14.4 Å². The number of rotatable bonds is 54. The third kappa shape index (κ3) is 55.9. The molecule has 0 radical (unpaired) electrons. The molecule has 0 bridgehead atoms. The van der Waals surface area contributed by atoms with Gasteiger partial charge in [0.1, 0.15) is 13.2 Å². The van der Waals surface area contributed by atoms with Crippen molar-refractivity contribution in [2.45, 2.75) is 309 Å². The smallest absolute Gasteiger partial charge is 0.306 e. The van der Waals surface area contributed by atoms with Crippen molar-refractivity contribution in [3.05, 3.63) is 60.8 Å². The molecule has 0 aliphatic heterocycles. The molecule has 0 heterocycles. The zero-order valence-corrected chi connectivity index (χ0v) is 45.8. The predicted molar refractivity (Wildman–Crippen MR) is 298 cm³/mol. The average molecular weight is 966 g/mol. The Hall–Kier alpha value is -2.89. The maximum absolute atomic E-state index is 12.9. The van der Waals surface area contributed by atoms with Gasteiger partial charge in [0.15, 0.2) is 6.10 Å². The van der Waals surface area contributed by atoms with Crippen molar-refractivity contribution in [1.82, 2.24) is 0 Å². The Morgan fingerprint density at radius 1 is 0.290 bits per heavy atom. The molecule has 1 atom stereocenters. The molecule has 0 fully saturated rings. The molecule has 0 aliphatic carbocycles. The second-order valence-corrected chi connectivity index (χ2v) is 19.9. The van der Waals surface area contributed by atoms with Gasteiger partial charge in [0.2, 0.25) is 0 Å².